The summed E-state index contributed by atoms with van der Waals surface area (Å²) in [4.78, 5) is 9.34. The first kappa shape index (κ1) is 25.7. The molecule has 1 aromatic carbocycles. The molecule has 0 atom stereocenters. The zero-order valence-corrected chi connectivity index (χ0v) is 21.5. The molecule has 1 fully saturated rings. The molecule has 1 heterocycles. The first-order valence-corrected chi connectivity index (χ1v) is 13.7. The summed E-state index contributed by atoms with van der Waals surface area (Å²) in [7, 11) is 0. The highest BCUT2D eigenvalue weighted by atomic mass is 16.5. The maximum Gasteiger partial charge on any atom is 0.159 e. The second kappa shape index (κ2) is 14.4. The quantitative estimate of drug-likeness (QED) is 0.270. The highest BCUT2D eigenvalue weighted by Gasteiger charge is 2.21. The van der Waals surface area contributed by atoms with Crippen LogP contribution < -0.4 is 4.74 Å². The summed E-state index contributed by atoms with van der Waals surface area (Å²) in [5.74, 6) is 3.46. The van der Waals surface area contributed by atoms with E-state index in [0.717, 1.165) is 36.1 Å². The Hall–Kier alpha value is -1.90. The van der Waals surface area contributed by atoms with Crippen molar-refractivity contribution in [2.24, 2.45) is 11.8 Å². The van der Waals surface area contributed by atoms with Gasteiger partial charge >= 0.3 is 0 Å². The van der Waals surface area contributed by atoms with Crippen molar-refractivity contribution >= 4 is 0 Å². The Balaban J connectivity index is 1.42. The highest BCUT2D eigenvalue weighted by Crippen LogP contribution is 2.32. The van der Waals surface area contributed by atoms with Crippen molar-refractivity contribution in [1.82, 2.24) is 9.97 Å². The third-order valence-corrected chi connectivity index (χ3v) is 7.36. The third kappa shape index (κ3) is 8.76. The molecule has 0 N–H and O–H groups in total. The van der Waals surface area contributed by atoms with Gasteiger partial charge in [-0.1, -0.05) is 78.1 Å². The van der Waals surface area contributed by atoms with E-state index in [1.54, 1.807) is 0 Å². The lowest BCUT2D eigenvalue weighted by Gasteiger charge is -2.28. The Bertz CT molecular complexity index is 793. The Morgan fingerprint density at radius 1 is 0.818 bits per heavy atom. The predicted octanol–water partition coefficient (Wildman–Crippen LogP) is 8.73. The van der Waals surface area contributed by atoms with Gasteiger partial charge in [0.2, 0.25) is 0 Å². The summed E-state index contributed by atoms with van der Waals surface area (Å²) in [5, 5.41) is 0. The van der Waals surface area contributed by atoms with Crippen LogP contribution in [0.15, 0.2) is 30.6 Å². The number of ether oxygens (including phenoxy) is 1. The van der Waals surface area contributed by atoms with Crippen molar-refractivity contribution in [3.63, 3.8) is 0 Å². The Morgan fingerprint density at radius 2 is 1.48 bits per heavy atom. The summed E-state index contributed by atoms with van der Waals surface area (Å²) in [6.45, 7) is 7.56. The summed E-state index contributed by atoms with van der Waals surface area (Å²) in [6, 6.07) is 6.35. The van der Waals surface area contributed by atoms with Crippen LogP contribution in [0.2, 0.25) is 0 Å². The minimum absolute atomic E-state index is 0.713. The van der Waals surface area contributed by atoms with Crippen molar-refractivity contribution in [1.29, 1.82) is 0 Å². The zero-order chi connectivity index (χ0) is 23.3. The molecule has 0 unspecified atom stereocenters. The van der Waals surface area contributed by atoms with Gasteiger partial charge in [0, 0.05) is 18.0 Å². The lowest BCUT2D eigenvalue weighted by Crippen LogP contribution is -2.20. The van der Waals surface area contributed by atoms with Gasteiger partial charge in [0.25, 0.3) is 0 Å². The Kier molecular flexibility index (Phi) is 11.2. The molecular weight excluding hydrogens is 404 g/mol. The van der Waals surface area contributed by atoms with Gasteiger partial charge in [-0.15, -0.1) is 0 Å². The van der Waals surface area contributed by atoms with Gasteiger partial charge in [0.1, 0.15) is 5.75 Å². The summed E-state index contributed by atoms with van der Waals surface area (Å²) >= 11 is 0. The molecule has 0 bridgehead atoms. The number of hydrogen-bond acceptors (Lipinski definition) is 3. The molecule has 3 rings (SSSR count). The van der Waals surface area contributed by atoms with E-state index in [1.807, 2.05) is 12.4 Å². The van der Waals surface area contributed by atoms with Crippen molar-refractivity contribution < 1.29 is 4.74 Å². The average molecular weight is 451 g/mol. The smallest absolute Gasteiger partial charge is 0.159 e. The average Bonchev–Trinajstić information content (AvgIpc) is 2.84. The first-order valence-electron chi connectivity index (χ1n) is 13.7. The second-order valence-electron chi connectivity index (χ2n) is 10.2. The van der Waals surface area contributed by atoms with E-state index in [-0.39, 0.29) is 0 Å². The maximum absolute atomic E-state index is 6.18. The SMILES string of the molecule is CCCCCCCCCc1cnc(-c2ccc(OCC3CCC(CCC)CC3)cc2C)nc1. The number of aryl methyl sites for hydroxylation is 2. The molecule has 3 heteroatoms. The fourth-order valence-electron chi connectivity index (χ4n) is 5.20. The standard InChI is InChI=1S/C30H46N2O/c1-4-6-7-8-9-10-11-13-27-21-31-30(32-22-27)29-19-18-28(20-24(29)3)33-23-26-16-14-25(12-5-2)15-17-26/h18-22,25-26H,4-17,23H2,1-3H3. The number of unbranched alkanes of at least 4 members (excludes halogenated alkanes) is 6. The Labute approximate surface area is 202 Å². The van der Waals surface area contributed by atoms with Crippen LogP contribution in [0.3, 0.4) is 0 Å². The van der Waals surface area contributed by atoms with E-state index in [1.165, 1.54) is 94.6 Å². The van der Waals surface area contributed by atoms with Crippen LogP contribution in [-0.2, 0) is 6.42 Å². The van der Waals surface area contributed by atoms with E-state index in [9.17, 15) is 0 Å². The van der Waals surface area contributed by atoms with Crippen molar-refractivity contribution in [2.75, 3.05) is 6.61 Å². The fourth-order valence-corrected chi connectivity index (χ4v) is 5.20. The van der Waals surface area contributed by atoms with Crippen LogP contribution in [0.5, 0.6) is 5.75 Å². The third-order valence-electron chi connectivity index (χ3n) is 7.36. The minimum atomic E-state index is 0.713. The molecule has 0 spiro atoms. The van der Waals surface area contributed by atoms with Crippen LogP contribution in [0.1, 0.15) is 108 Å². The van der Waals surface area contributed by atoms with Crippen LogP contribution in [0.25, 0.3) is 11.4 Å². The van der Waals surface area contributed by atoms with E-state index < -0.39 is 0 Å². The number of aromatic nitrogens is 2. The molecule has 0 amide bonds. The molecule has 0 saturated heterocycles. The number of rotatable bonds is 14. The number of benzene rings is 1. The van der Waals surface area contributed by atoms with Crippen LogP contribution in [-0.4, -0.2) is 16.6 Å². The van der Waals surface area contributed by atoms with Gasteiger partial charge in [-0.3, -0.25) is 0 Å². The van der Waals surface area contributed by atoms with Gasteiger partial charge in [-0.25, -0.2) is 9.97 Å². The lowest BCUT2D eigenvalue weighted by atomic mass is 9.80. The minimum Gasteiger partial charge on any atom is -0.493 e. The molecule has 0 aliphatic heterocycles. The van der Waals surface area contributed by atoms with Gasteiger partial charge < -0.3 is 4.74 Å². The van der Waals surface area contributed by atoms with Crippen LogP contribution >= 0.6 is 0 Å². The molecule has 1 aliphatic carbocycles. The fraction of sp³-hybridized carbons (Fsp3) is 0.667. The maximum atomic E-state index is 6.18. The first-order chi connectivity index (χ1) is 16.2. The monoisotopic (exact) mass is 450 g/mol. The normalized spacial score (nSPS) is 18.4. The van der Waals surface area contributed by atoms with E-state index >= 15 is 0 Å². The van der Waals surface area contributed by atoms with Gasteiger partial charge in [0.15, 0.2) is 5.82 Å². The second-order valence-corrected chi connectivity index (χ2v) is 10.2. The zero-order valence-electron chi connectivity index (χ0n) is 21.5. The van der Waals surface area contributed by atoms with Gasteiger partial charge in [-0.05, 0) is 73.8 Å². The van der Waals surface area contributed by atoms with Gasteiger partial charge in [0.05, 0.1) is 6.61 Å². The van der Waals surface area contributed by atoms with Crippen molar-refractivity contribution in [3.8, 4) is 17.1 Å². The molecule has 182 valence electrons. The largest absolute Gasteiger partial charge is 0.493 e. The van der Waals surface area contributed by atoms with Gasteiger partial charge in [-0.2, -0.15) is 0 Å². The molecule has 3 nitrogen and oxygen atoms in total. The van der Waals surface area contributed by atoms with E-state index in [4.69, 9.17) is 4.74 Å². The highest BCUT2D eigenvalue weighted by molar-refractivity contribution is 5.61. The molecule has 1 aliphatic rings. The molecule has 1 saturated carbocycles. The molecule has 33 heavy (non-hydrogen) atoms. The van der Waals surface area contributed by atoms with E-state index in [2.05, 4.69) is 48.9 Å². The number of hydrogen-bond donors (Lipinski definition) is 0. The molecule has 1 aromatic heterocycles. The van der Waals surface area contributed by atoms with Crippen molar-refractivity contribution in [3.05, 3.63) is 41.7 Å². The summed E-state index contributed by atoms with van der Waals surface area (Å²) in [6.07, 6.45) is 22.6. The summed E-state index contributed by atoms with van der Waals surface area (Å²) < 4.78 is 6.18. The molecule has 2 aromatic rings. The van der Waals surface area contributed by atoms with Crippen LogP contribution in [0, 0.1) is 18.8 Å². The molecule has 0 radical (unpaired) electrons. The Morgan fingerprint density at radius 3 is 2.15 bits per heavy atom. The predicted molar refractivity (Wildman–Crippen MR) is 140 cm³/mol. The lowest BCUT2D eigenvalue weighted by molar-refractivity contribution is 0.178. The topological polar surface area (TPSA) is 35.0 Å². The van der Waals surface area contributed by atoms with Crippen molar-refractivity contribution in [2.45, 2.75) is 111 Å². The summed E-state index contributed by atoms with van der Waals surface area (Å²) in [5.41, 5.74) is 3.53. The molecular formula is C30H46N2O. The van der Waals surface area contributed by atoms with E-state index in [0.29, 0.717) is 5.92 Å². The van der Waals surface area contributed by atoms with Crippen LogP contribution in [0.4, 0.5) is 0 Å². The number of nitrogens with zero attached hydrogens (tertiary/aromatic N) is 2.